The molecule has 4 N–H and O–H groups in total. The summed E-state index contributed by atoms with van der Waals surface area (Å²) in [6.45, 7) is 1.79. The van der Waals surface area contributed by atoms with Gasteiger partial charge in [0.05, 0.1) is 11.0 Å². The summed E-state index contributed by atoms with van der Waals surface area (Å²) in [6, 6.07) is 12.7. The predicted molar refractivity (Wildman–Crippen MR) is 110 cm³/mol. The van der Waals surface area contributed by atoms with Crippen molar-refractivity contribution in [2.45, 2.75) is 12.2 Å². The average molecular weight is 416 g/mol. The monoisotopic (exact) mass is 416 g/mol. The van der Waals surface area contributed by atoms with Gasteiger partial charge in [0.25, 0.3) is 0 Å². The maximum atomic E-state index is 13.6. The third kappa shape index (κ3) is 5.61. The minimum atomic E-state index is -0.835. The molecule has 2 aromatic carbocycles. The van der Waals surface area contributed by atoms with Crippen LogP contribution in [0.25, 0.3) is 0 Å². The first-order valence-corrected chi connectivity index (χ1v) is 9.66. The SMILES string of the molecule is C[C@@H](SCC(=O)Nc1c(F)cccc1F)c1nc(N)nc(Nc2ccccc2)n1. The summed E-state index contributed by atoms with van der Waals surface area (Å²) in [6.07, 6.45) is 0. The summed E-state index contributed by atoms with van der Waals surface area (Å²) in [4.78, 5) is 24.6. The van der Waals surface area contributed by atoms with Gasteiger partial charge in [-0.15, -0.1) is 11.8 Å². The van der Waals surface area contributed by atoms with Gasteiger partial charge in [-0.3, -0.25) is 4.79 Å². The Morgan fingerprint density at radius 3 is 2.45 bits per heavy atom. The van der Waals surface area contributed by atoms with Gasteiger partial charge in [-0.05, 0) is 31.2 Å². The number of benzene rings is 2. The smallest absolute Gasteiger partial charge is 0.234 e. The van der Waals surface area contributed by atoms with E-state index in [2.05, 4.69) is 25.6 Å². The average Bonchev–Trinajstić information content (AvgIpc) is 2.69. The molecule has 3 rings (SSSR count). The van der Waals surface area contributed by atoms with Gasteiger partial charge in [-0.25, -0.2) is 8.78 Å². The second-order valence-corrected chi connectivity index (χ2v) is 7.29. The van der Waals surface area contributed by atoms with Crippen LogP contribution in [0.1, 0.15) is 18.0 Å². The number of hydrogen-bond donors (Lipinski definition) is 3. The molecule has 1 atom stereocenters. The maximum absolute atomic E-state index is 13.6. The molecular formula is C19H18F2N6OS. The third-order valence-electron chi connectivity index (χ3n) is 3.76. The summed E-state index contributed by atoms with van der Waals surface area (Å²) in [5, 5.41) is 4.96. The quantitative estimate of drug-likeness (QED) is 0.536. The van der Waals surface area contributed by atoms with Gasteiger partial charge in [-0.1, -0.05) is 24.3 Å². The van der Waals surface area contributed by atoms with Crippen LogP contribution in [0, 0.1) is 11.6 Å². The van der Waals surface area contributed by atoms with E-state index in [1.54, 1.807) is 6.92 Å². The van der Waals surface area contributed by atoms with Gasteiger partial charge in [-0.2, -0.15) is 15.0 Å². The minimum absolute atomic E-state index is 0.0405. The molecule has 0 saturated carbocycles. The molecule has 7 nitrogen and oxygen atoms in total. The maximum Gasteiger partial charge on any atom is 0.234 e. The molecule has 1 aromatic heterocycles. The number of hydrogen-bond acceptors (Lipinski definition) is 7. The first-order chi connectivity index (χ1) is 13.9. The fraction of sp³-hybridized carbons (Fsp3) is 0.158. The number of carbonyl (C=O) groups is 1. The van der Waals surface area contributed by atoms with E-state index in [0.717, 1.165) is 17.8 Å². The van der Waals surface area contributed by atoms with Crippen molar-refractivity contribution in [3.8, 4) is 0 Å². The number of amides is 1. The second kappa shape index (κ2) is 9.28. The number of aromatic nitrogens is 3. The van der Waals surface area contributed by atoms with Crippen molar-refractivity contribution in [2.75, 3.05) is 22.1 Å². The summed E-state index contributed by atoms with van der Waals surface area (Å²) in [5.74, 6) is -1.57. The molecule has 150 valence electrons. The Hall–Kier alpha value is -3.27. The van der Waals surface area contributed by atoms with Crippen LogP contribution in [0.2, 0.25) is 0 Å². The van der Waals surface area contributed by atoms with Crippen LogP contribution in [0.15, 0.2) is 48.5 Å². The van der Waals surface area contributed by atoms with E-state index >= 15 is 0 Å². The van der Waals surface area contributed by atoms with Gasteiger partial charge in [0.15, 0.2) is 0 Å². The van der Waals surface area contributed by atoms with E-state index in [4.69, 9.17) is 5.73 Å². The van der Waals surface area contributed by atoms with E-state index in [0.29, 0.717) is 5.82 Å². The Kier molecular flexibility index (Phi) is 6.55. The lowest BCUT2D eigenvalue weighted by Crippen LogP contribution is -2.17. The molecular weight excluding hydrogens is 398 g/mol. The molecule has 0 aliphatic rings. The van der Waals surface area contributed by atoms with Gasteiger partial charge in [0.2, 0.25) is 17.8 Å². The molecule has 0 unspecified atom stereocenters. The number of carbonyl (C=O) groups excluding carboxylic acids is 1. The van der Waals surface area contributed by atoms with Crippen LogP contribution in [0.3, 0.4) is 0 Å². The largest absolute Gasteiger partial charge is 0.368 e. The number of halogens is 2. The summed E-state index contributed by atoms with van der Waals surface area (Å²) < 4.78 is 27.3. The molecule has 0 bridgehead atoms. The normalized spacial score (nSPS) is 11.7. The summed E-state index contributed by atoms with van der Waals surface area (Å²) in [5.41, 5.74) is 6.09. The number of thioether (sulfide) groups is 1. The van der Waals surface area contributed by atoms with Crippen molar-refractivity contribution < 1.29 is 13.6 Å². The van der Waals surface area contributed by atoms with Crippen molar-refractivity contribution >= 4 is 40.9 Å². The van der Waals surface area contributed by atoms with Gasteiger partial charge in [0.1, 0.15) is 23.1 Å². The molecule has 0 fully saturated rings. The van der Waals surface area contributed by atoms with Crippen molar-refractivity contribution in [1.82, 2.24) is 15.0 Å². The van der Waals surface area contributed by atoms with Crippen LogP contribution >= 0.6 is 11.8 Å². The van der Waals surface area contributed by atoms with E-state index in [1.807, 2.05) is 30.3 Å². The van der Waals surface area contributed by atoms with Crippen molar-refractivity contribution in [3.63, 3.8) is 0 Å². The third-order valence-corrected chi connectivity index (χ3v) is 4.89. The Morgan fingerprint density at radius 1 is 1.07 bits per heavy atom. The zero-order chi connectivity index (χ0) is 20.8. The molecule has 10 heteroatoms. The lowest BCUT2D eigenvalue weighted by molar-refractivity contribution is -0.113. The minimum Gasteiger partial charge on any atom is -0.368 e. The van der Waals surface area contributed by atoms with Crippen LogP contribution in [0.5, 0.6) is 0 Å². The van der Waals surface area contributed by atoms with Crippen LogP contribution in [-0.4, -0.2) is 26.6 Å². The highest BCUT2D eigenvalue weighted by molar-refractivity contribution is 8.00. The fourth-order valence-electron chi connectivity index (χ4n) is 2.37. The molecule has 0 radical (unpaired) electrons. The van der Waals surface area contributed by atoms with Gasteiger partial charge in [0, 0.05) is 5.69 Å². The highest BCUT2D eigenvalue weighted by Crippen LogP contribution is 2.27. The number of anilines is 4. The van der Waals surface area contributed by atoms with Gasteiger partial charge >= 0.3 is 0 Å². The molecule has 29 heavy (non-hydrogen) atoms. The van der Waals surface area contributed by atoms with E-state index in [-0.39, 0.29) is 22.9 Å². The number of rotatable bonds is 7. The number of para-hydroxylation sites is 2. The van der Waals surface area contributed by atoms with Crippen molar-refractivity contribution in [1.29, 1.82) is 0 Å². The van der Waals surface area contributed by atoms with E-state index in [9.17, 15) is 13.6 Å². The zero-order valence-electron chi connectivity index (χ0n) is 15.4. The van der Waals surface area contributed by atoms with Crippen molar-refractivity contribution in [3.05, 3.63) is 66.0 Å². The number of nitrogen functional groups attached to an aromatic ring is 1. The Labute approximate surface area is 170 Å². The molecule has 1 heterocycles. The number of nitrogens with one attached hydrogen (secondary N) is 2. The first-order valence-electron chi connectivity index (χ1n) is 8.61. The molecule has 0 spiro atoms. The lowest BCUT2D eigenvalue weighted by atomic mass is 10.3. The van der Waals surface area contributed by atoms with Crippen LogP contribution in [0.4, 0.5) is 32.1 Å². The number of nitrogens with two attached hydrogens (primary N) is 1. The Bertz CT molecular complexity index is 985. The van der Waals surface area contributed by atoms with E-state index in [1.165, 1.54) is 17.8 Å². The predicted octanol–water partition coefficient (Wildman–Crippen LogP) is 3.91. The highest BCUT2D eigenvalue weighted by Gasteiger charge is 2.17. The highest BCUT2D eigenvalue weighted by atomic mass is 32.2. The standard InChI is InChI=1S/C19H18F2N6OS/c1-11(29-10-15(28)24-16-13(20)8-5-9-14(16)21)17-25-18(22)27-19(26-17)23-12-6-3-2-4-7-12/h2-9,11H,10H2,1H3,(H,24,28)(H3,22,23,25,26,27)/t11-/m1/s1. The Balaban J connectivity index is 1.63. The fourth-order valence-corrected chi connectivity index (χ4v) is 3.09. The molecule has 0 aliphatic heterocycles. The first kappa shape index (κ1) is 20.5. The van der Waals surface area contributed by atoms with Crippen LogP contribution in [-0.2, 0) is 4.79 Å². The van der Waals surface area contributed by atoms with Crippen molar-refractivity contribution in [2.24, 2.45) is 0 Å². The van der Waals surface area contributed by atoms with E-state index < -0.39 is 23.2 Å². The molecule has 0 saturated heterocycles. The lowest BCUT2D eigenvalue weighted by Gasteiger charge is -2.13. The van der Waals surface area contributed by atoms with Crippen LogP contribution < -0.4 is 16.4 Å². The number of nitrogens with zero attached hydrogens (tertiary/aromatic N) is 3. The summed E-state index contributed by atoms with van der Waals surface area (Å²) in [7, 11) is 0. The second-order valence-electron chi connectivity index (χ2n) is 5.96. The summed E-state index contributed by atoms with van der Waals surface area (Å²) >= 11 is 1.20. The zero-order valence-corrected chi connectivity index (χ0v) is 16.2. The molecule has 3 aromatic rings. The molecule has 1 amide bonds. The Morgan fingerprint density at radius 2 is 1.76 bits per heavy atom. The van der Waals surface area contributed by atoms with Gasteiger partial charge < -0.3 is 16.4 Å². The topological polar surface area (TPSA) is 106 Å². The molecule has 0 aliphatic carbocycles.